The Kier molecular flexibility index (Phi) is 6.21. The highest BCUT2D eigenvalue weighted by atomic mass is 35.5. The van der Waals surface area contributed by atoms with Gasteiger partial charge in [0.05, 0.1) is 0 Å². The van der Waals surface area contributed by atoms with E-state index >= 15 is 0 Å². The molecule has 19 heavy (non-hydrogen) atoms. The molecule has 1 aromatic rings. The maximum atomic E-state index is 6.15. The van der Waals surface area contributed by atoms with Crippen LogP contribution < -0.4 is 0 Å². The van der Waals surface area contributed by atoms with E-state index in [1.807, 2.05) is 13.0 Å². The van der Waals surface area contributed by atoms with Gasteiger partial charge in [-0.25, -0.2) is 9.97 Å². The van der Waals surface area contributed by atoms with Crippen molar-refractivity contribution >= 4 is 11.6 Å². The number of aromatic nitrogens is 2. The molecule has 0 radical (unpaired) electrons. The highest BCUT2D eigenvalue weighted by Crippen LogP contribution is 2.31. The molecule has 0 amide bonds. The molecule has 0 aliphatic heterocycles. The molecule has 0 unspecified atom stereocenters. The smallest absolute Gasteiger partial charge is 0.162 e. The number of ether oxygens (including phenoxy) is 1. The summed E-state index contributed by atoms with van der Waals surface area (Å²) in [5.74, 6) is 1.27. The van der Waals surface area contributed by atoms with Crippen LogP contribution in [0.15, 0.2) is 6.07 Å². The Balaban J connectivity index is 3.19. The SMILES string of the molecule is CCOC(CC)(CC)c1nc(Cl)cc(CC(C)C)n1. The third-order valence-corrected chi connectivity index (χ3v) is 3.53. The zero-order valence-electron chi connectivity index (χ0n) is 12.7. The third-order valence-electron chi connectivity index (χ3n) is 3.34. The van der Waals surface area contributed by atoms with E-state index < -0.39 is 5.60 Å². The Morgan fingerprint density at radius 1 is 1.21 bits per heavy atom. The van der Waals surface area contributed by atoms with Gasteiger partial charge in [-0.3, -0.25) is 0 Å². The maximum absolute atomic E-state index is 6.15. The highest BCUT2D eigenvalue weighted by Gasteiger charge is 2.32. The first kappa shape index (κ1) is 16.4. The van der Waals surface area contributed by atoms with E-state index in [0.717, 1.165) is 30.8 Å². The van der Waals surface area contributed by atoms with Crippen molar-refractivity contribution in [2.45, 2.75) is 59.5 Å². The summed E-state index contributed by atoms with van der Waals surface area (Å²) in [5.41, 5.74) is 0.585. The van der Waals surface area contributed by atoms with Crippen LogP contribution in [0.5, 0.6) is 0 Å². The second-order valence-electron chi connectivity index (χ2n) is 5.24. The van der Waals surface area contributed by atoms with Crippen LogP contribution in [0.4, 0.5) is 0 Å². The second-order valence-corrected chi connectivity index (χ2v) is 5.63. The molecule has 0 saturated heterocycles. The zero-order chi connectivity index (χ0) is 14.5. The summed E-state index contributed by atoms with van der Waals surface area (Å²) in [6.07, 6.45) is 2.60. The van der Waals surface area contributed by atoms with Gasteiger partial charge in [-0.05, 0) is 38.2 Å². The fraction of sp³-hybridized carbons (Fsp3) is 0.733. The molecule has 0 spiro atoms. The first-order valence-corrected chi connectivity index (χ1v) is 7.53. The molecule has 4 heteroatoms. The van der Waals surface area contributed by atoms with E-state index in [2.05, 4.69) is 37.7 Å². The number of hydrogen-bond acceptors (Lipinski definition) is 3. The zero-order valence-corrected chi connectivity index (χ0v) is 13.4. The van der Waals surface area contributed by atoms with Gasteiger partial charge < -0.3 is 4.74 Å². The number of halogens is 1. The molecule has 0 fully saturated rings. The minimum atomic E-state index is -0.411. The van der Waals surface area contributed by atoms with Crippen LogP contribution in [0.2, 0.25) is 5.15 Å². The van der Waals surface area contributed by atoms with Crippen molar-refractivity contribution in [3.63, 3.8) is 0 Å². The first-order chi connectivity index (χ1) is 8.97. The van der Waals surface area contributed by atoms with Crippen molar-refractivity contribution in [3.05, 3.63) is 22.7 Å². The Morgan fingerprint density at radius 3 is 2.32 bits per heavy atom. The summed E-state index contributed by atoms with van der Waals surface area (Å²) >= 11 is 6.15. The van der Waals surface area contributed by atoms with Crippen molar-refractivity contribution in [2.24, 2.45) is 5.92 Å². The van der Waals surface area contributed by atoms with E-state index in [4.69, 9.17) is 16.3 Å². The summed E-state index contributed by atoms with van der Waals surface area (Å²) in [4.78, 5) is 9.09. The third kappa shape index (κ3) is 4.15. The van der Waals surface area contributed by atoms with Crippen LogP contribution in [0.25, 0.3) is 0 Å². The predicted octanol–water partition coefficient (Wildman–Crippen LogP) is 4.38. The normalized spacial score (nSPS) is 12.2. The quantitative estimate of drug-likeness (QED) is 0.697. The topological polar surface area (TPSA) is 35.0 Å². The van der Waals surface area contributed by atoms with Gasteiger partial charge in [0, 0.05) is 12.3 Å². The van der Waals surface area contributed by atoms with Crippen molar-refractivity contribution in [3.8, 4) is 0 Å². The summed E-state index contributed by atoms with van der Waals surface area (Å²) in [6.45, 7) is 11.2. The number of rotatable bonds is 7. The average Bonchev–Trinajstić information content (AvgIpc) is 2.34. The monoisotopic (exact) mass is 284 g/mol. The average molecular weight is 285 g/mol. The molecule has 108 valence electrons. The van der Waals surface area contributed by atoms with E-state index in [-0.39, 0.29) is 0 Å². The minimum Gasteiger partial charge on any atom is -0.367 e. The van der Waals surface area contributed by atoms with E-state index in [1.54, 1.807) is 0 Å². The molecular formula is C15H25ClN2O. The van der Waals surface area contributed by atoms with E-state index in [9.17, 15) is 0 Å². The Labute approximate surface area is 121 Å². The molecule has 0 N–H and O–H groups in total. The van der Waals surface area contributed by atoms with Gasteiger partial charge in [-0.15, -0.1) is 0 Å². The van der Waals surface area contributed by atoms with Gasteiger partial charge >= 0.3 is 0 Å². The molecule has 1 heterocycles. The summed E-state index contributed by atoms with van der Waals surface area (Å²) in [6, 6.07) is 1.85. The first-order valence-electron chi connectivity index (χ1n) is 7.15. The molecule has 0 bridgehead atoms. The minimum absolute atomic E-state index is 0.411. The van der Waals surface area contributed by atoms with Crippen LogP contribution in [0, 0.1) is 5.92 Å². The van der Waals surface area contributed by atoms with Crippen LogP contribution in [-0.4, -0.2) is 16.6 Å². The molecular weight excluding hydrogens is 260 g/mol. The summed E-state index contributed by atoms with van der Waals surface area (Å²) in [5, 5.41) is 0.506. The molecule has 1 rings (SSSR count). The lowest BCUT2D eigenvalue weighted by Crippen LogP contribution is -2.31. The number of hydrogen-bond donors (Lipinski definition) is 0. The lowest BCUT2D eigenvalue weighted by atomic mass is 9.95. The van der Waals surface area contributed by atoms with Crippen LogP contribution in [-0.2, 0) is 16.8 Å². The maximum Gasteiger partial charge on any atom is 0.162 e. The van der Waals surface area contributed by atoms with Crippen molar-refractivity contribution < 1.29 is 4.74 Å². The van der Waals surface area contributed by atoms with E-state index in [1.165, 1.54) is 0 Å². The highest BCUT2D eigenvalue weighted by molar-refractivity contribution is 6.29. The summed E-state index contributed by atoms with van der Waals surface area (Å²) in [7, 11) is 0. The lowest BCUT2D eigenvalue weighted by Gasteiger charge is -2.30. The molecule has 0 aromatic carbocycles. The second kappa shape index (κ2) is 7.20. The lowest BCUT2D eigenvalue weighted by molar-refractivity contribution is -0.0573. The number of nitrogens with zero attached hydrogens (tertiary/aromatic N) is 2. The van der Waals surface area contributed by atoms with Crippen molar-refractivity contribution in [1.29, 1.82) is 0 Å². The molecule has 3 nitrogen and oxygen atoms in total. The van der Waals surface area contributed by atoms with E-state index in [0.29, 0.717) is 17.7 Å². The van der Waals surface area contributed by atoms with Crippen LogP contribution in [0.3, 0.4) is 0 Å². The van der Waals surface area contributed by atoms with Crippen molar-refractivity contribution in [1.82, 2.24) is 9.97 Å². The molecule has 0 aliphatic rings. The molecule has 0 saturated carbocycles. The Morgan fingerprint density at radius 2 is 1.84 bits per heavy atom. The fourth-order valence-electron chi connectivity index (χ4n) is 2.30. The molecule has 0 aliphatic carbocycles. The van der Waals surface area contributed by atoms with Gasteiger partial charge in [-0.1, -0.05) is 39.3 Å². The van der Waals surface area contributed by atoms with Crippen molar-refractivity contribution in [2.75, 3.05) is 6.61 Å². The summed E-state index contributed by atoms with van der Waals surface area (Å²) < 4.78 is 5.95. The Hall–Kier alpha value is -0.670. The standard InChI is InChI=1S/C15H25ClN2O/c1-6-15(7-2,19-8-3)14-17-12(9-11(4)5)10-13(16)18-14/h10-11H,6-9H2,1-5H3. The van der Waals surface area contributed by atoms with Crippen LogP contribution >= 0.6 is 11.6 Å². The van der Waals surface area contributed by atoms with Gasteiger partial charge in [0.2, 0.25) is 0 Å². The van der Waals surface area contributed by atoms with Gasteiger partial charge in [-0.2, -0.15) is 0 Å². The molecule has 0 atom stereocenters. The molecule has 1 aromatic heterocycles. The Bertz CT molecular complexity index is 403. The largest absolute Gasteiger partial charge is 0.367 e. The van der Waals surface area contributed by atoms with Gasteiger partial charge in [0.15, 0.2) is 5.82 Å². The predicted molar refractivity (Wildman–Crippen MR) is 79.5 cm³/mol. The van der Waals surface area contributed by atoms with Crippen LogP contribution in [0.1, 0.15) is 59.0 Å². The van der Waals surface area contributed by atoms with Gasteiger partial charge in [0.25, 0.3) is 0 Å². The van der Waals surface area contributed by atoms with Gasteiger partial charge in [0.1, 0.15) is 10.8 Å². The fourth-order valence-corrected chi connectivity index (χ4v) is 2.51.